The van der Waals surface area contributed by atoms with E-state index in [0.29, 0.717) is 0 Å². The molecule has 62 valence electrons. The third-order valence-electron chi connectivity index (χ3n) is 2.18. The third kappa shape index (κ3) is 1.14. The normalized spacial score (nSPS) is 10.8. The zero-order valence-corrected chi connectivity index (χ0v) is 8.24. The molecule has 0 spiro atoms. The second-order valence-corrected chi connectivity index (χ2v) is 4.22. The van der Waals surface area contributed by atoms with E-state index < -0.39 is 0 Å². The fraction of sp³-hybridized carbons (Fsp3) is 0.273. The quantitative estimate of drug-likeness (QED) is 0.620. The molecule has 1 aromatic carbocycles. The summed E-state index contributed by atoms with van der Waals surface area (Å²) in [6, 6.07) is 8.82. The van der Waals surface area contributed by atoms with E-state index >= 15 is 0 Å². The lowest BCUT2D eigenvalue weighted by Gasteiger charge is -1.91. The molecule has 0 aliphatic heterocycles. The van der Waals surface area contributed by atoms with E-state index in [-0.39, 0.29) is 0 Å². The molecule has 1 aromatic heterocycles. The van der Waals surface area contributed by atoms with Crippen LogP contribution in [0.15, 0.2) is 24.3 Å². The van der Waals surface area contributed by atoms with E-state index in [4.69, 9.17) is 0 Å². The lowest BCUT2D eigenvalue weighted by molar-refractivity contribution is 1.19. The SMILES string of the molecule is CCc1cc2c(C)cccc2s1. The molecule has 0 atom stereocenters. The Labute approximate surface area is 76.8 Å². The second kappa shape index (κ2) is 2.91. The Bertz CT molecular complexity index is 398. The summed E-state index contributed by atoms with van der Waals surface area (Å²) in [4.78, 5) is 1.49. The summed E-state index contributed by atoms with van der Waals surface area (Å²) in [5, 5.41) is 1.43. The first-order valence-corrected chi connectivity index (χ1v) is 5.11. The molecule has 0 amide bonds. The summed E-state index contributed by atoms with van der Waals surface area (Å²) in [5.41, 5.74) is 1.39. The highest BCUT2D eigenvalue weighted by Gasteiger charge is 2.00. The first-order valence-electron chi connectivity index (χ1n) is 4.29. The summed E-state index contributed by atoms with van der Waals surface area (Å²) < 4.78 is 1.42. The maximum Gasteiger partial charge on any atom is 0.0348 e. The molecule has 0 bridgehead atoms. The number of rotatable bonds is 1. The Morgan fingerprint density at radius 1 is 1.33 bits per heavy atom. The molecule has 0 unspecified atom stereocenters. The number of aryl methyl sites for hydroxylation is 2. The number of thiophene rings is 1. The standard InChI is InChI=1S/C11H12S/c1-3-9-7-10-8(2)5-4-6-11(10)12-9/h4-7H,3H2,1-2H3. The molecule has 0 fully saturated rings. The molecule has 2 rings (SSSR count). The van der Waals surface area contributed by atoms with Gasteiger partial charge in [-0.15, -0.1) is 11.3 Å². The van der Waals surface area contributed by atoms with Gasteiger partial charge in [-0.05, 0) is 36.4 Å². The van der Waals surface area contributed by atoms with Gasteiger partial charge in [-0.1, -0.05) is 19.1 Å². The van der Waals surface area contributed by atoms with E-state index in [9.17, 15) is 0 Å². The first-order chi connectivity index (χ1) is 5.81. The van der Waals surface area contributed by atoms with Gasteiger partial charge in [-0.2, -0.15) is 0 Å². The third-order valence-corrected chi connectivity index (χ3v) is 3.42. The highest BCUT2D eigenvalue weighted by molar-refractivity contribution is 7.19. The fourth-order valence-electron chi connectivity index (χ4n) is 1.43. The van der Waals surface area contributed by atoms with Crippen molar-refractivity contribution in [3.63, 3.8) is 0 Å². The highest BCUT2D eigenvalue weighted by Crippen LogP contribution is 2.27. The average Bonchev–Trinajstić information content (AvgIpc) is 2.49. The van der Waals surface area contributed by atoms with Crippen LogP contribution in [0.25, 0.3) is 10.1 Å². The van der Waals surface area contributed by atoms with Crippen LogP contribution in [0.3, 0.4) is 0 Å². The van der Waals surface area contributed by atoms with Crippen molar-refractivity contribution in [2.45, 2.75) is 20.3 Å². The van der Waals surface area contributed by atoms with Gasteiger partial charge in [0.1, 0.15) is 0 Å². The molecule has 0 N–H and O–H groups in total. The van der Waals surface area contributed by atoms with Crippen LogP contribution >= 0.6 is 11.3 Å². The van der Waals surface area contributed by atoms with Crippen LogP contribution in [-0.4, -0.2) is 0 Å². The van der Waals surface area contributed by atoms with Crippen LogP contribution in [0, 0.1) is 6.92 Å². The Morgan fingerprint density at radius 3 is 2.83 bits per heavy atom. The minimum atomic E-state index is 1.15. The Balaban J connectivity index is 2.74. The molecule has 1 heterocycles. The summed E-state index contributed by atoms with van der Waals surface area (Å²) in [5.74, 6) is 0. The van der Waals surface area contributed by atoms with Crippen molar-refractivity contribution in [2.75, 3.05) is 0 Å². The maximum absolute atomic E-state index is 2.31. The van der Waals surface area contributed by atoms with Gasteiger partial charge in [0, 0.05) is 9.58 Å². The largest absolute Gasteiger partial charge is 0.140 e. The molecular formula is C11H12S. The van der Waals surface area contributed by atoms with Gasteiger partial charge < -0.3 is 0 Å². The van der Waals surface area contributed by atoms with E-state index in [1.165, 1.54) is 20.5 Å². The van der Waals surface area contributed by atoms with Crippen molar-refractivity contribution in [1.82, 2.24) is 0 Å². The van der Waals surface area contributed by atoms with E-state index in [1.54, 1.807) is 0 Å². The lowest BCUT2D eigenvalue weighted by atomic mass is 10.1. The maximum atomic E-state index is 2.31. The van der Waals surface area contributed by atoms with Crippen LogP contribution in [-0.2, 0) is 6.42 Å². The molecule has 0 aliphatic carbocycles. The zero-order valence-electron chi connectivity index (χ0n) is 7.42. The van der Waals surface area contributed by atoms with Gasteiger partial charge in [0.15, 0.2) is 0 Å². The van der Waals surface area contributed by atoms with E-state index in [0.717, 1.165) is 6.42 Å². The minimum Gasteiger partial charge on any atom is -0.140 e. The predicted molar refractivity (Wildman–Crippen MR) is 55.9 cm³/mol. The molecule has 0 saturated heterocycles. The monoisotopic (exact) mass is 176 g/mol. The van der Waals surface area contributed by atoms with Gasteiger partial charge in [0.25, 0.3) is 0 Å². The fourth-order valence-corrected chi connectivity index (χ4v) is 2.51. The molecule has 1 heteroatoms. The summed E-state index contributed by atoms with van der Waals surface area (Å²) in [6.07, 6.45) is 1.15. The van der Waals surface area contributed by atoms with Gasteiger partial charge >= 0.3 is 0 Å². The summed E-state index contributed by atoms with van der Waals surface area (Å²) in [7, 11) is 0. The summed E-state index contributed by atoms with van der Waals surface area (Å²) >= 11 is 1.91. The molecule has 0 aliphatic rings. The second-order valence-electron chi connectivity index (χ2n) is 3.05. The van der Waals surface area contributed by atoms with E-state index in [2.05, 4.69) is 38.1 Å². The van der Waals surface area contributed by atoms with Gasteiger partial charge in [-0.25, -0.2) is 0 Å². The Morgan fingerprint density at radius 2 is 2.17 bits per heavy atom. The minimum absolute atomic E-state index is 1.15. The van der Waals surface area contributed by atoms with Crippen LogP contribution < -0.4 is 0 Å². The predicted octanol–water partition coefficient (Wildman–Crippen LogP) is 3.77. The lowest BCUT2D eigenvalue weighted by Crippen LogP contribution is -1.70. The van der Waals surface area contributed by atoms with Crippen molar-refractivity contribution < 1.29 is 0 Å². The summed E-state index contributed by atoms with van der Waals surface area (Å²) in [6.45, 7) is 4.38. The van der Waals surface area contributed by atoms with Gasteiger partial charge in [0.05, 0.1) is 0 Å². The zero-order chi connectivity index (χ0) is 8.55. The molecule has 0 radical (unpaired) electrons. The first kappa shape index (κ1) is 7.81. The molecule has 0 saturated carbocycles. The van der Waals surface area contributed by atoms with Crippen LogP contribution in [0.2, 0.25) is 0 Å². The number of benzene rings is 1. The molecule has 12 heavy (non-hydrogen) atoms. The van der Waals surface area contributed by atoms with Gasteiger partial charge in [0.2, 0.25) is 0 Å². The molecule has 2 aromatic rings. The highest BCUT2D eigenvalue weighted by atomic mass is 32.1. The number of fused-ring (bicyclic) bond motifs is 1. The Hall–Kier alpha value is -0.820. The van der Waals surface area contributed by atoms with E-state index in [1.807, 2.05) is 11.3 Å². The number of hydrogen-bond donors (Lipinski definition) is 0. The van der Waals surface area contributed by atoms with Crippen molar-refractivity contribution in [3.05, 3.63) is 34.7 Å². The smallest absolute Gasteiger partial charge is 0.0348 e. The Kier molecular flexibility index (Phi) is 1.89. The van der Waals surface area contributed by atoms with Gasteiger partial charge in [-0.3, -0.25) is 0 Å². The van der Waals surface area contributed by atoms with Crippen molar-refractivity contribution in [3.8, 4) is 0 Å². The van der Waals surface area contributed by atoms with Crippen molar-refractivity contribution in [2.24, 2.45) is 0 Å². The van der Waals surface area contributed by atoms with Crippen LogP contribution in [0.4, 0.5) is 0 Å². The van der Waals surface area contributed by atoms with Crippen molar-refractivity contribution >= 4 is 21.4 Å². The number of hydrogen-bond acceptors (Lipinski definition) is 1. The van der Waals surface area contributed by atoms with Crippen molar-refractivity contribution in [1.29, 1.82) is 0 Å². The van der Waals surface area contributed by atoms with Crippen LogP contribution in [0.1, 0.15) is 17.4 Å². The average molecular weight is 176 g/mol. The topological polar surface area (TPSA) is 0 Å². The molecule has 0 nitrogen and oxygen atoms in total. The van der Waals surface area contributed by atoms with Crippen LogP contribution in [0.5, 0.6) is 0 Å². The molecular weight excluding hydrogens is 164 g/mol.